The summed E-state index contributed by atoms with van der Waals surface area (Å²) in [6.45, 7) is 9.08. The van der Waals surface area contributed by atoms with E-state index in [-0.39, 0.29) is 0 Å². The van der Waals surface area contributed by atoms with E-state index < -0.39 is 0 Å². The standard InChI is InChI=1S/C9H13N3.C5H12N2/c1-2-9(8-11-3-1)12-6-4-10-5-7-12;1-7-4-2-6-3-5-7/h1-3,8,10H,4-7H2;6H,2-5H2,1H3. The summed E-state index contributed by atoms with van der Waals surface area (Å²) in [6, 6.07) is 4.09. The molecule has 0 amide bonds. The normalized spacial score (nSPS) is 20.6. The van der Waals surface area contributed by atoms with E-state index in [1.165, 1.54) is 18.8 Å². The highest BCUT2D eigenvalue weighted by Gasteiger charge is 2.09. The Morgan fingerprint density at radius 1 is 1.00 bits per heavy atom. The highest BCUT2D eigenvalue weighted by molar-refractivity contribution is 5.43. The highest BCUT2D eigenvalue weighted by atomic mass is 15.2. The quantitative estimate of drug-likeness (QED) is 0.747. The number of piperazine rings is 2. The second-order valence-electron chi connectivity index (χ2n) is 5.00. The molecule has 5 heteroatoms. The second kappa shape index (κ2) is 8.09. The molecule has 0 unspecified atom stereocenters. The Bertz CT molecular complexity index is 331. The van der Waals surface area contributed by atoms with Crippen molar-refractivity contribution in [2.45, 2.75) is 0 Å². The minimum absolute atomic E-state index is 1.08. The third kappa shape index (κ3) is 5.14. The van der Waals surface area contributed by atoms with Crippen LogP contribution in [0.5, 0.6) is 0 Å². The van der Waals surface area contributed by atoms with Crippen LogP contribution in [-0.2, 0) is 0 Å². The Balaban J connectivity index is 0.000000163. The van der Waals surface area contributed by atoms with Crippen molar-refractivity contribution in [1.29, 1.82) is 0 Å². The van der Waals surface area contributed by atoms with Crippen molar-refractivity contribution in [3.63, 3.8) is 0 Å². The van der Waals surface area contributed by atoms with Crippen molar-refractivity contribution < 1.29 is 0 Å². The zero-order chi connectivity index (χ0) is 13.3. The van der Waals surface area contributed by atoms with Gasteiger partial charge < -0.3 is 20.4 Å². The summed E-state index contributed by atoms with van der Waals surface area (Å²) in [5.41, 5.74) is 1.24. The molecule has 0 aliphatic carbocycles. The number of nitrogens with zero attached hydrogens (tertiary/aromatic N) is 3. The zero-order valence-electron chi connectivity index (χ0n) is 11.8. The molecule has 2 fully saturated rings. The fraction of sp³-hybridized carbons (Fsp3) is 0.643. The van der Waals surface area contributed by atoms with Crippen molar-refractivity contribution in [1.82, 2.24) is 20.5 Å². The van der Waals surface area contributed by atoms with Crippen LogP contribution in [-0.4, -0.2) is 69.3 Å². The lowest BCUT2D eigenvalue weighted by atomic mass is 10.3. The molecule has 1 aromatic heterocycles. The first kappa shape index (κ1) is 14.2. The van der Waals surface area contributed by atoms with Gasteiger partial charge in [-0.25, -0.2) is 0 Å². The Labute approximate surface area is 116 Å². The Morgan fingerprint density at radius 2 is 1.63 bits per heavy atom. The van der Waals surface area contributed by atoms with Crippen LogP contribution in [0.15, 0.2) is 24.5 Å². The number of nitrogens with one attached hydrogen (secondary N) is 2. The van der Waals surface area contributed by atoms with Crippen LogP contribution in [0.1, 0.15) is 0 Å². The molecule has 0 aromatic carbocycles. The van der Waals surface area contributed by atoms with Gasteiger partial charge in [-0.3, -0.25) is 4.98 Å². The van der Waals surface area contributed by atoms with Gasteiger partial charge in [0.25, 0.3) is 0 Å². The number of aromatic nitrogens is 1. The van der Waals surface area contributed by atoms with Gasteiger partial charge in [0, 0.05) is 58.6 Å². The van der Waals surface area contributed by atoms with Crippen molar-refractivity contribution in [3.05, 3.63) is 24.5 Å². The molecule has 2 aliphatic rings. The maximum Gasteiger partial charge on any atom is 0.0553 e. The molecule has 0 spiro atoms. The Hall–Kier alpha value is -1.17. The van der Waals surface area contributed by atoms with Crippen LogP contribution < -0.4 is 15.5 Å². The monoisotopic (exact) mass is 263 g/mol. The number of likely N-dealkylation sites (N-methyl/N-ethyl adjacent to an activating group) is 1. The Kier molecular flexibility index (Phi) is 6.07. The Morgan fingerprint density at radius 3 is 2.11 bits per heavy atom. The third-order valence-corrected chi connectivity index (χ3v) is 3.47. The number of rotatable bonds is 1. The molecule has 3 heterocycles. The molecular weight excluding hydrogens is 238 g/mol. The van der Waals surface area contributed by atoms with E-state index in [2.05, 4.69) is 38.5 Å². The van der Waals surface area contributed by atoms with Gasteiger partial charge in [-0.2, -0.15) is 0 Å². The largest absolute Gasteiger partial charge is 0.368 e. The van der Waals surface area contributed by atoms with Crippen molar-refractivity contribution in [2.75, 3.05) is 64.3 Å². The first-order valence-electron chi connectivity index (χ1n) is 7.11. The predicted octanol–water partition coefficient (Wildman–Crippen LogP) is 0.0126. The summed E-state index contributed by atoms with van der Waals surface area (Å²) in [5.74, 6) is 0. The maximum atomic E-state index is 4.10. The van der Waals surface area contributed by atoms with Crippen molar-refractivity contribution >= 4 is 5.69 Å². The smallest absolute Gasteiger partial charge is 0.0553 e. The minimum atomic E-state index is 1.08. The molecule has 2 saturated heterocycles. The molecule has 0 radical (unpaired) electrons. The predicted molar refractivity (Wildman–Crippen MR) is 79.7 cm³/mol. The van der Waals surface area contributed by atoms with Gasteiger partial charge >= 0.3 is 0 Å². The third-order valence-electron chi connectivity index (χ3n) is 3.47. The van der Waals surface area contributed by atoms with E-state index in [1.54, 1.807) is 0 Å². The lowest BCUT2D eigenvalue weighted by Gasteiger charge is -2.28. The van der Waals surface area contributed by atoms with Crippen LogP contribution in [0.2, 0.25) is 0 Å². The summed E-state index contributed by atoms with van der Waals surface area (Å²) >= 11 is 0. The average molecular weight is 263 g/mol. The lowest BCUT2D eigenvalue weighted by Crippen LogP contribution is -2.43. The van der Waals surface area contributed by atoms with E-state index >= 15 is 0 Å². The molecule has 0 atom stereocenters. The van der Waals surface area contributed by atoms with Gasteiger partial charge in [-0.15, -0.1) is 0 Å². The fourth-order valence-electron chi connectivity index (χ4n) is 2.24. The molecule has 106 valence electrons. The molecule has 2 aliphatic heterocycles. The molecule has 5 nitrogen and oxygen atoms in total. The second-order valence-corrected chi connectivity index (χ2v) is 5.00. The lowest BCUT2D eigenvalue weighted by molar-refractivity contribution is 0.291. The van der Waals surface area contributed by atoms with Crippen molar-refractivity contribution in [2.24, 2.45) is 0 Å². The van der Waals surface area contributed by atoms with Gasteiger partial charge in [0.05, 0.1) is 11.9 Å². The van der Waals surface area contributed by atoms with Gasteiger partial charge in [-0.05, 0) is 19.2 Å². The molecule has 1 aromatic rings. The maximum absolute atomic E-state index is 4.10. The number of anilines is 1. The van der Waals surface area contributed by atoms with E-state index in [0.29, 0.717) is 0 Å². The highest BCUT2D eigenvalue weighted by Crippen LogP contribution is 2.11. The summed E-state index contributed by atoms with van der Waals surface area (Å²) in [6.07, 6.45) is 3.73. The number of pyridine rings is 1. The molecule has 0 saturated carbocycles. The summed E-state index contributed by atoms with van der Waals surface area (Å²) < 4.78 is 0. The van der Waals surface area contributed by atoms with Crippen LogP contribution in [0.4, 0.5) is 5.69 Å². The SMILES string of the molecule is CN1CCNCC1.c1cncc(N2CCNCC2)c1. The van der Waals surface area contributed by atoms with Crippen LogP contribution >= 0.6 is 0 Å². The first-order valence-corrected chi connectivity index (χ1v) is 7.11. The molecule has 3 rings (SSSR count). The topological polar surface area (TPSA) is 43.4 Å². The van der Waals surface area contributed by atoms with Crippen LogP contribution in [0.25, 0.3) is 0 Å². The van der Waals surface area contributed by atoms with Gasteiger partial charge in [-0.1, -0.05) is 0 Å². The van der Waals surface area contributed by atoms with Gasteiger partial charge in [0.2, 0.25) is 0 Å². The van der Waals surface area contributed by atoms with E-state index in [1.807, 2.05) is 18.5 Å². The fourth-order valence-corrected chi connectivity index (χ4v) is 2.24. The molecular formula is C14H25N5. The molecule has 2 N–H and O–H groups in total. The summed E-state index contributed by atoms with van der Waals surface area (Å²) in [7, 11) is 2.15. The van der Waals surface area contributed by atoms with E-state index in [4.69, 9.17) is 0 Å². The van der Waals surface area contributed by atoms with Gasteiger partial charge in [0.1, 0.15) is 0 Å². The zero-order valence-corrected chi connectivity index (χ0v) is 11.8. The molecule has 19 heavy (non-hydrogen) atoms. The van der Waals surface area contributed by atoms with E-state index in [9.17, 15) is 0 Å². The minimum Gasteiger partial charge on any atom is -0.368 e. The van der Waals surface area contributed by atoms with Crippen LogP contribution in [0, 0.1) is 0 Å². The summed E-state index contributed by atoms with van der Waals surface area (Å²) in [4.78, 5) is 8.78. The van der Waals surface area contributed by atoms with Gasteiger partial charge in [0.15, 0.2) is 0 Å². The van der Waals surface area contributed by atoms with Crippen molar-refractivity contribution in [3.8, 4) is 0 Å². The number of hydrogen-bond donors (Lipinski definition) is 2. The number of hydrogen-bond acceptors (Lipinski definition) is 5. The average Bonchev–Trinajstić information content (AvgIpc) is 2.51. The van der Waals surface area contributed by atoms with E-state index in [0.717, 1.165) is 39.3 Å². The summed E-state index contributed by atoms with van der Waals surface area (Å²) in [5, 5.41) is 6.60. The first-order chi connectivity index (χ1) is 9.36. The molecule has 0 bridgehead atoms. The van der Waals surface area contributed by atoms with Crippen LogP contribution in [0.3, 0.4) is 0 Å².